The summed E-state index contributed by atoms with van der Waals surface area (Å²) in [6.45, 7) is 7.66. The average Bonchev–Trinajstić information content (AvgIpc) is 3.19. The minimum Gasteiger partial charge on any atom is -0.392 e. The molecule has 25 heavy (non-hydrogen) atoms. The smallest absolute Gasteiger partial charge is 0.150 e. The standard InChI is InChI=1S/C18H26N6O/c1-2-7-22-8-9-24-17(13-22)20-21-18(24)16-10-15(25)12-23(16)11-14-3-5-19-6-4-14/h3-6,15-16,25H,2,7-13H2,1H3/t15-,16+/m1/s1. The lowest BCUT2D eigenvalue weighted by molar-refractivity contribution is 0.171. The first-order valence-corrected chi connectivity index (χ1v) is 9.20. The predicted octanol–water partition coefficient (Wildman–Crippen LogP) is 1.21. The first-order valence-electron chi connectivity index (χ1n) is 9.20. The van der Waals surface area contributed by atoms with Gasteiger partial charge >= 0.3 is 0 Å². The number of β-amino-alcohol motifs (C(OH)–C–C–N with tert-alkyl or cyclic N) is 1. The molecule has 7 heteroatoms. The second-order valence-electron chi connectivity index (χ2n) is 7.09. The first-order chi connectivity index (χ1) is 12.2. The number of nitrogens with zero attached hydrogens (tertiary/aromatic N) is 6. The zero-order valence-electron chi connectivity index (χ0n) is 14.8. The van der Waals surface area contributed by atoms with Gasteiger partial charge in [-0.3, -0.25) is 14.8 Å². The summed E-state index contributed by atoms with van der Waals surface area (Å²) < 4.78 is 2.27. The zero-order valence-corrected chi connectivity index (χ0v) is 14.8. The van der Waals surface area contributed by atoms with Crippen molar-refractivity contribution in [3.05, 3.63) is 41.7 Å². The second kappa shape index (κ2) is 7.19. The third-order valence-electron chi connectivity index (χ3n) is 5.22. The number of rotatable bonds is 5. The van der Waals surface area contributed by atoms with Crippen molar-refractivity contribution >= 4 is 0 Å². The molecule has 0 spiro atoms. The second-order valence-corrected chi connectivity index (χ2v) is 7.09. The first kappa shape index (κ1) is 16.6. The number of aromatic nitrogens is 4. The predicted molar refractivity (Wildman–Crippen MR) is 93.6 cm³/mol. The van der Waals surface area contributed by atoms with Gasteiger partial charge in [0.2, 0.25) is 0 Å². The fraction of sp³-hybridized carbons (Fsp3) is 0.611. The highest BCUT2D eigenvalue weighted by Gasteiger charge is 2.36. The van der Waals surface area contributed by atoms with Gasteiger partial charge in [0.15, 0.2) is 5.82 Å². The van der Waals surface area contributed by atoms with E-state index in [1.807, 2.05) is 24.5 Å². The molecule has 2 aliphatic heterocycles. The summed E-state index contributed by atoms with van der Waals surface area (Å²) in [6.07, 6.45) is 5.22. The van der Waals surface area contributed by atoms with Crippen LogP contribution in [0.3, 0.4) is 0 Å². The summed E-state index contributed by atoms with van der Waals surface area (Å²) >= 11 is 0. The molecule has 0 unspecified atom stereocenters. The van der Waals surface area contributed by atoms with E-state index < -0.39 is 0 Å². The van der Waals surface area contributed by atoms with Gasteiger partial charge in [-0.1, -0.05) is 6.92 Å². The molecular formula is C18H26N6O. The Morgan fingerprint density at radius 2 is 2.04 bits per heavy atom. The largest absolute Gasteiger partial charge is 0.392 e. The lowest BCUT2D eigenvalue weighted by Crippen LogP contribution is -2.36. The Morgan fingerprint density at radius 1 is 1.20 bits per heavy atom. The van der Waals surface area contributed by atoms with E-state index in [0.717, 1.165) is 57.2 Å². The van der Waals surface area contributed by atoms with Gasteiger partial charge in [-0.2, -0.15) is 0 Å². The van der Waals surface area contributed by atoms with Crippen LogP contribution in [0.1, 0.15) is 43.0 Å². The summed E-state index contributed by atoms with van der Waals surface area (Å²) in [7, 11) is 0. The van der Waals surface area contributed by atoms with E-state index in [1.165, 1.54) is 5.56 Å². The van der Waals surface area contributed by atoms with Crippen molar-refractivity contribution in [2.45, 2.75) is 51.5 Å². The molecule has 2 aromatic rings. The Morgan fingerprint density at radius 3 is 2.84 bits per heavy atom. The molecule has 0 aliphatic carbocycles. The third-order valence-corrected chi connectivity index (χ3v) is 5.22. The Hall–Kier alpha value is -1.83. The lowest BCUT2D eigenvalue weighted by Gasteiger charge is -2.29. The molecule has 7 nitrogen and oxygen atoms in total. The van der Waals surface area contributed by atoms with Gasteiger partial charge < -0.3 is 9.67 Å². The van der Waals surface area contributed by atoms with Crippen LogP contribution < -0.4 is 0 Å². The molecule has 1 saturated heterocycles. The van der Waals surface area contributed by atoms with Crippen LogP contribution in [0.15, 0.2) is 24.5 Å². The number of hydrogen-bond acceptors (Lipinski definition) is 6. The fourth-order valence-electron chi connectivity index (χ4n) is 4.03. The van der Waals surface area contributed by atoms with Crippen LogP contribution in [0.4, 0.5) is 0 Å². The zero-order chi connectivity index (χ0) is 17.2. The van der Waals surface area contributed by atoms with Gasteiger partial charge in [0.25, 0.3) is 0 Å². The van der Waals surface area contributed by atoms with Gasteiger partial charge in [0.05, 0.1) is 18.7 Å². The maximum atomic E-state index is 10.2. The third kappa shape index (κ3) is 3.44. The molecule has 0 saturated carbocycles. The summed E-state index contributed by atoms with van der Waals surface area (Å²) in [4.78, 5) is 8.84. The summed E-state index contributed by atoms with van der Waals surface area (Å²) in [5, 5.41) is 19.2. The Bertz CT molecular complexity index is 703. The summed E-state index contributed by atoms with van der Waals surface area (Å²) in [5.41, 5.74) is 1.21. The molecule has 1 N–H and O–H groups in total. The van der Waals surface area contributed by atoms with E-state index in [0.29, 0.717) is 6.54 Å². The van der Waals surface area contributed by atoms with Crippen molar-refractivity contribution in [3.63, 3.8) is 0 Å². The Balaban J connectivity index is 1.54. The molecule has 2 aromatic heterocycles. The van der Waals surface area contributed by atoms with E-state index in [2.05, 4.69) is 36.5 Å². The molecule has 0 bridgehead atoms. The number of likely N-dealkylation sites (tertiary alicyclic amines) is 1. The highest BCUT2D eigenvalue weighted by atomic mass is 16.3. The topological polar surface area (TPSA) is 70.3 Å². The minimum atomic E-state index is -0.306. The van der Waals surface area contributed by atoms with E-state index in [4.69, 9.17) is 0 Å². The van der Waals surface area contributed by atoms with E-state index in [1.54, 1.807) is 0 Å². The normalized spacial score (nSPS) is 24.6. The van der Waals surface area contributed by atoms with Crippen molar-refractivity contribution in [2.24, 2.45) is 0 Å². The molecule has 2 atom stereocenters. The van der Waals surface area contributed by atoms with Crippen LogP contribution in [0.25, 0.3) is 0 Å². The number of pyridine rings is 1. The van der Waals surface area contributed by atoms with Crippen LogP contribution in [0, 0.1) is 0 Å². The Labute approximate surface area is 148 Å². The number of aliphatic hydroxyl groups is 1. The van der Waals surface area contributed by atoms with E-state index >= 15 is 0 Å². The molecule has 4 rings (SSSR count). The van der Waals surface area contributed by atoms with Crippen LogP contribution in [-0.4, -0.2) is 60.4 Å². The van der Waals surface area contributed by atoms with Gasteiger partial charge in [0.1, 0.15) is 5.82 Å². The van der Waals surface area contributed by atoms with Gasteiger partial charge in [-0.25, -0.2) is 0 Å². The van der Waals surface area contributed by atoms with Crippen molar-refractivity contribution in [1.82, 2.24) is 29.5 Å². The maximum Gasteiger partial charge on any atom is 0.150 e. The highest BCUT2D eigenvalue weighted by Crippen LogP contribution is 2.33. The Kier molecular flexibility index (Phi) is 4.78. The van der Waals surface area contributed by atoms with E-state index in [9.17, 15) is 5.11 Å². The minimum absolute atomic E-state index is 0.127. The van der Waals surface area contributed by atoms with Crippen molar-refractivity contribution < 1.29 is 5.11 Å². The molecule has 4 heterocycles. The average molecular weight is 342 g/mol. The van der Waals surface area contributed by atoms with Crippen LogP contribution in [0.5, 0.6) is 0 Å². The fourth-order valence-corrected chi connectivity index (χ4v) is 4.03. The summed E-state index contributed by atoms with van der Waals surface area (Å²) in [6, 6.07) is 4.19. The van der Waals surface area contributed by atoms with Crippen molar-refractivity contribution in [2.75, 3.05) is 19.6 Å². The molecule has 2 aliphatic rings. The number of hydrogen-bond donors (Lipinski definition) is 1. The molecular weight excluding hydrogens is 316 g/mol. The van der Waals surface area contributed by atoms with Crippen LogP contribution in [0.2, 0.25) is 0 Å². The van der Waals surface area contributed by atoms with E-state index in [-0.39, 0.29) is 12.1 Å². The highest BCUT2D eigenvalue weighted by molar-refractivity contribution is 5.13. The van der Waals surface area contributed by atoms with Crippen molar-refractivity contribution in [1.29, 1.82) is 0 Å². The number of aliphatic hydroxyl groups excluding tert-OH is 1. The van der Waals surface area contributed by atoms with Gasteiger partial charge in [0, 0.05) is 38.6 Å². The van der Waals surface area contributed by atoms with Crippen LogP contribution >= 0.6 is 0 Å². The van der Waals surface area contributed by atoms with Gasteiger partial charge in [-0.15, -0.1) is 10.2 Å². The van der Waals surface area contributed by atoms with Crippen LogP contribution in [-0.2, 0) is 19.6 Å². The SMILES string of the molecule is CCCN1CCn2c(nnc2[C@@H]2C[C@@H](O)CN2Cc2ccncc2)C1. The lowest BCUT2D eigenvalue weighted by atomic mass is 10.1. The molecule has 0 amide bonds. The quantitative estimate of drug-likeness (QED) is 0.881. The van der Waals surface area contributed by atoms with Gasteiger partial charge in [-0.05, 0) is 37.1 Å². The monoisotopic (exact) mass is 342 g/mol. The van der Waals surface area contributed by atoms with Crippen molar-refractivity contribution in [3.8, 4) is 0 Å². The molecule has 134 valence electrons. The molecule has 0 radical (unpaired) electrons. The maximum absolute atomic E-state index is 10.2. The number of fused-ring (bicyclic) bond motifs is 1. The molecule has 0 aromatic carbocycles. The summed E-state index contributed by atoms with van der Waals surface area (Å²) in [5.74, 6) is 2.07. The molecule has 1 fully saturated rings.